The number of aliphatic imine (C=N–C) groups is 1. The summed E-state index contributed by atoms with van der Waals surface area (Å²) >= 11 is 0. The van der Waals surface area contributed by atoms with Gasteiger partial charge in [-0.2, -0.15) is 0 Å². The highest BCUT2D eigenvalue weighted by Gasteiger charge is 2.21. The molecule has 1 unspecified atom stereocenters. The predicted octanol–water partition coefficient (Wildman–Crippen LogP) is 1.55. The summed E-state index contributed by atoms with van der Waals surface area (Å²) in [7, 11) is 0. The zero-order valence-electron chi connectivity index (χ0n) is 6.80. The molecule has 0 amide bonds. The molecule has 0 radical (unpaired) electrons. The molecule has 0 spiro atoms. The zero-order chi connectivity index (χ0) is 7.56. The minimum Gasteiger partial charge on any atom is -0.387 e. The summed E-state index contributed by atoms with van der Waals surface area (Å²) < 4.78 is 0. The van der Waals surface area contributed by atoms with Crippen LogP contribution in [0.2, 0.25) is 0 Å². The number of hydrogen-bond acceptors (Lipinski definition) is 1. The highest BCUT2D eigenvalue weighted by molar-refractivity contribution is 5.82. The first kappa shape index (κ1) is 7.58. The Kier molecular flexibility index (Phi) is 2.30. The Morgan fingerprint density at radius 2 is 2.30 bits per heavy atom. The van der Waals surface area contributed by atoms with Gasteiger partial charge in [-0.25, -0.2) is 0 Å². The second-order valence-electron chi connectivity index (χ2n) is 3.09. The monoisotopic (exact) mass is 140 g/mol. The van der Waals surface area contributed by atoms with Crippen LogP contribution in [0.5, 0.6) is 0 Å². The van der Waals surface area contributed by atoms with Crippen LogP contribution in [0.1, 0.15) is 33.1 Å². The van der Waals surface area contributed by atoms with Crippen LogP contribution in [0.3, 0.4) is 0 Å². The van der Waals surface area contributed by atoms with Gasteiger partial charge in [0.05, 0.1) is 11.9 Å². The fraction of sp³-hybridized carbons (Fsp3) is 0.875. The number of hydrogen-bond donors (Lipinski definition) is 1. The smallest absolute Gasteiger partial charge is 0.0968 e. The topological polar surface area (TPSA) is 38.4 Å². The molecule has 0 bridgehead atoms. The molecule has 2 nitrogen and oxygen atoms in total. The quantitative estimate of drug-likeness (QED) is 0.469. The molecule has 1 aliphatic rings. The van der Waals surface area contributed by atoms with E-state index in [4.69, 9.17) is 5.73 Å². The highest BCUT2D eigenvalue weighted by atomic mass is 14.9. The molecule has 0 aromatic heterocycles. The molecule has 2 N–H and O–H groups in total. The van der Waals surface area contributed by atoms with Gasteiger partial charge in [-0.3, -0.25) is 4.99 Å². The Hall–Kier alpha value is -0.530. The van der Waals surface area contributed by atoms with E-state index in [1.807, 2.05) is 0 Å². The summed E-state index contributed by atoms with van der Waals surface area (Å²) in [5.41, 5.74) is 5.72. The number of amidine groups is 1. The number of nitrogens with two attached hydrogens (primary N) is 1. The van der Waals surface area contributed by atoms with Crippen LogP contribution in [-0.4, -0.2) is 11.9 Å². The lowest BCUT2D eigenvalue weighted by atomic mass is 10.1. The van der Waals surface area contributed by atoms with Crippen molar-refractivity contribution in [2.45, 2.75) is 39.2 Å². The van der Waals surface area contributed by atoms with Gasteiger partial charge in [0, 0.05) is 5.92 Å². The van der Waals surface area contributed by atoms with Gasteiger partial charge in [0.15, 0.2) is 0 Å². The van der Waals surface area contributed by atoms with Crippen LogP contribution >= 0.6 is 0 Å². The predicted molar refractivity (Wildman–Crippen MR) is 44.1 cm³/mol. The van der Waals surface area contributed by atoms with Gasteiger partial charge in [0.1, 0.15) is 0 Å². The molecule has 1 aliphatic carbocycles. The molecule has 1 rings (SSSR count). The van der Waals surface area contributed by atoms with E-state index >= 15 is 0 Å². The van der Waals surface area contributed by atoms with E-state index in [0.29, 0.717) is 12.0 Å². The van der Waals surface area contributed by atoms with Gasteiger partial charge < -0.3 is 5.73 Å². The number of rotatable bonds is 3. The summed E-state index contributed by atoms with van der Waals surface area (Å²) in [5, 5.41) is 0. The maximum Gasteiger partial charge on any atom is 0.0968 e. The van der Waals surface area contributed by atoms with Gasteiger partial charge in [-0.05, 0) is 19.3 Å². The third-order valence-corrected chi connectivity index (χ3v) is 2.00. The molecule has 1 fully saturated rings. The summed E-state index contributed by atoms with van der Waals surface area (Å²) in [6, 6.07) is 0.578. The molecular formula is C8H16N2. The maximum absolute atomic E-state index is 5.72. The van der Waals surface area contributed by atoms with Crippen molar-refractivity contribution in [1.82, 2.24) is 0 Å². The second-order valence-corrected chi connectivity index (χ2v) is 3.09. The van der Waals surface area contributed by atoms with Gasteiger partial charge in [-0.1, -0.05) is 13.8 Å². The highest BCUT2D eigenvalue weighted by Crippen LogP contribution is 2.24. The van der Waals surface area contributed by atoms with Gasteiger partial charge >= 0.3 is 0 Å². The molecule has 2 heteroatoms. The van der Waals surface area contributed by atoms with Crippen LogP contribution in [0.4, 0.5) is 0 Å². The molecule has 0 aliphatic heterocycles. The van der Waals surface area contributed by atoms with Crippen LogP contribution in [0.25, 0.3) is 0 Å². The Morgan fingerprint density at radius 3 is 2.70 bits per heavy atom. The molecule has 0 aromatic rings. The van der Waals surface area contributed by atoms with Crippen LogP contribution in [0, 0.1) is 5.92 Å². The van der Waals surface area contributed by atoms with E-state index in [1.54, 1.807) is 0 Å². The third kappa shape index (κ3) is 2.01. The number of nitrogens with zero attached hydrogens (tertiary/aromatic N) is 1. The van der Waals surface area contributed by atoms with Crippen molar-refractivity contribution in [1.29, 1.82) is 0 Å². The largest absolute Gasteiger partial charge is 0.387 e. The standard InChI is InChI=1S/C8H16N2/c1-3-6(2)8(9)10-7-4-5-7/h6-7H,3-5H2,1-2H3,(H2,9,10). The Labute approximate surface area is 62.5 Å². The summed E-state index contributed by atoms with van der Waals surface area (Å²) in [6.07, 6.45) is 3.59. The lowest BCUT2D eigenvalue weighted by molar-refractivity contribution is 0.726. The van der Waals surface area contributed by atoms with E-state index in [0.717, 1.165) is 12.3 Å². The summed E-state index contributed by atoms with van der Waals surface area (Å²) in [5.74, 6) is 1.32. The normalized spacial score (nSPS) is 22.8. The lowest BCUT2D eigenvalue weighted by Crippen LogP contribution is -2.21. The first-order valence-electron chi connectivity index (χ1n) is 4.07. The average molecular weight is 140 g/mol. The van der Waals surface area contributed by atoms with E-state index < -0.39 is 0 Å². The van der Waals surface area contributed by atoms with Crippen LogP contribution in [0.15, 0.2) is 4.99 Å². The molecule has 1 atom stereocenters. The lowest BCUT2D eigenvalue weighted by Gasteiger charge is -2.06. The van der Waals surface area contributed by atoms with Crippen molar-refractivity contribution >= 4 is 5.84 Å². The van der Waals surface area contributed by atoms with E-state index in [-0.39, 0.29) is 0 Å². The van der Waals surface area contributed by atoms with E-state index in [1.165, 1.54) is 12.8 Å². The van der Waals surface area contributed by atoms with Gasteiger partial charge in [0.2, 0.25) is 0 Å². The molecule has 0 saturated heterocycles. The second kappa shape index (κ2) is 3.04. The summed E-state index contributed by atoms with van der Waals surface area (Å²) in [4.78, 5) is 4.35. The van der Waals surface area contributed by atoms with Crippen molar-refractivity contribution in [3.63, 3.8) is 0 Å². The molecular weight excluding hydrogens is 124 g/mol. The first-order chi connectivity index (χ1) is 4.74. The molecule has 0 aromatic carbocycles. The third-order valence-electron chi connectivity index (χ3n) is 2.00. The average Bonchev–Trinajstić information content (AvgIpc) is 2.70. The maximum atomic E-state index is 5.72. The van der Waals surface area contributed by atoms with Crippen molar-refractivity contribution in [2.24, 2.45) is 16.6 Å². The first-order valence-corrected chi connectivity index (χ1v) is 4.07. The van der Waals surface area contributed by atoms with Gasteiger partial charge in [0.25, 0.3) is 0 Å². The van der Waals surface area contributed by atoms with E-state index in [9.17, 15) is 0 Å². The van der Waals surface area contributed by atoms with Crippen LogP contribution < -0.4 is 5.73 Å². The molecule has 58 valence electrons. The van der Waals surface area contributed by atoms with Crippen molar-refractivity contribution in [3.8, 4) is 0 Å². The minimum absolute atomic E-state index is 0.473. The fourth-order valence-electron chi connectivity index (χ4n) is 0.751. The Bertz CT molecular complexity index is 136. The fourth-order valence-corrected chi connectivity index (χ4v) is 0.751. The van der Waals surface area contributed by atoms with Gasteiger partial charge in [-0.15, -0.1) is 0 Å². The van der Waals surface area contributed by atoms with E-state index in [2.05, 4.69) is 18.8 Å². The minimum atomic E-state index is 0.473. The summed E-state index contributed by atoms with van der Waals surface area (Å²) in [6.45, 7) is 4.27. The Morgan fingerprint density at radius 1 is 1.70 bits per heavy atom. The van der Waals surface area contributed by atoms with Crippen molar-refractivity contribution in [3.05, 3.63) is 0 Å². The van der Waals surface area contributed by atoms with Crippen LogP contribution in [-0.2, 0) is 0 Å². The SMILES string of the molecule is CCC(C)C(N)=NC1CC1. The molecule has 10 heavy (non-hydrogen) atoms. The zero-order valence-corrected chi connectivity index (χ0v) is 6.80. The Balaban J connectivity index is 2.36. The molecule has 1 saturated carbocycles. The van der Waals surface area contributed by atoms with Crippen molar-refractivity contribution in [2.75, 3.05) is 0 Å². The molecule has 0 heterocycles. The van der Waals surface area contributed by atoms with Crippen molar-refractivity contribution < 1.29 is 0 Å².